The number of carbonyl (C=O) groups excluding carboxylic acids is 1. The lowest BCUT2D eigenvalue weighted by atomic mass is 9.73. The van der Waals surface area contributed by atoms with Crippen molar-refractivity contribution in [2.45, 2.75) is 45.1 Å². The molecule has 0 radical (unpaired) electrons. The van der Waals surface area contributed by atoms with Gasteiger partial charge in [-0.3, -0.25) is 9.78 Å². The van der Waals surface area contributed by atoms with Crippen molar-refractivity contribution in [2.24, 2.45) is 5.41 Å². The lowest BCUT2D eigenvalue weighted by Crippen LogP contribution is -2.47. The molecule has 4 heteroatoms. The molecule has 1 aromatic heterocycles. The highest BCUT2D eigenvalue weighted by atomic mass is 16.5. The molecule has 2 fully saturated rings. The van der Waals surface area contributed by atoms with E-state index in [0.29, 0.717) is 11.5 Å². The summed E-state index contributed by atoms with van der Waals surface area (Å²) < 4.78 is 6.14. The van der Waals surface area contributed by atoms with E-state index < -0.39 is 0 Å². The van der Waals surface area contributed by atoms with Gasteiger partial charge in [0.15, 0.2) is 0 Å². The minimum atomic E-state index is 0.205. The Morgan fingerprint density at radius 1 is 1.43 bits per heavy atom. The number of nitrogens with zero attached hydrogens (tertiary/aromatic N) is 2. The highest BCUT2D eigenvalue weighted by molar-refractivity contribution is 5.73. The fourth-order valence-corrected chi connectivity index (χ4v) is 3.55. The predicted octanol–water partition coefficient (Wildman–Crippen LogP) is 2.43. The van der Waals surface area contributed by atoms with E-state index in [1.807, 2.05) is 23.4 Å². The average molecular weight is 288 g/mol. The van der Waals surface area contributed by atoms with E-state index in [2.05, 4.69) is 11.1 Å². The van der Waals surface area contributed by atoms with Gasteiger partial charge in [-0.1, -0.05) is 6.07 Å². The number of hydrogen-bond acceptors (Lipinski definition) is 3. The number of ether oxygens (including phenoxy) is 1. The normalized spacial score (nSPS) is 25.0. The predicted molar refractivity (Wildman–Crippen MR) is 80.8 cm³/mol. The van der Waals surface area contributed by atoms with Crippen molar-refractivity contribution in [3.8, 4) is 0 Å². The Morgan fingerprint density at radius 3 is 2.81 bits per heavy atom. The number of carbonyl (C=O) groups is 1. The van der Waals surface area contributed by atoms with Crippen LogP contribution in [0.4, 0.5) is 0 Å². The smallest absolute Gasteiger partial charge is 0.219 e. The highest BCUT2D eigenvalue weighted by Gasteiger charge is 2.39. The molecule has 1 amide bonds. The molecular formula is C17H24N2O2. The van der Waals surface area contributed by atoms with Crippen LogP contribution < -0.4 is 0 Å². The molecule has 1 aromatic rings. The van der Waals surface area contributed by atoms with Gasteiger partial charge in [-0.25, -0.2) is 0 Å². The van der Waals surface area contributed by atoms with Crippen LogP contribution in [0.25, 0.3) is 0 Å². The van der Waals surface area contributed by atoms with Crippen molar-refractivity contribution in [1.29, 1.82) is 0 Å². The maximum absolute atomic E-state index is 11.4. The second-order valence-corrected chi connectivity index (χ2v) is 6.54. The summed E-state index contributed by atoms with van der Waals surface area (Å²) >= 11 is 0. The number of piperidine rings is 1. The third kappa shape index (κ3) is 3.43. The maximum Gasteiger partial charge on any atom is 0.219 e. The Kier molecular flexibility index (Phi) is 4.24. The Bertz CT molecular complexity index is 471. The average Bonchev–Trinajstić information content (AvgIpc) is 2.51. The second-order valence-electron chi connectivity index (χ2n) is 6.54. The molecule has 0 aliphatic carbocycles. The van der Waals surface area contributed by atoms with Crippen molar-refractivity contribution in [3.63, 3.8) is 0 Å². The van der Waals surface area contributed by atoms with E-state index in [1.165, 1.54) is 12.0 Å². The van der Waals surface area contributed by atoms with Crippen LogP contribution in [0.2, 0.25) is 0 Å². The number of aromatic nitrogens is 1. The van der Waals surface area contributed by atoms with Crippen LogP contribution >= 0.6 is 0 Å². The van der Waals surface area contributed by atoms with Crippen molar-refractivity contribution < 1.29 is 9.53 Å². The molecule has 2 aliphatic heterocycles. The molecule has 0 N–H and O–H groups in total. The summed E-state index contributed by atoms with van der Waals surface area (Å²) in [5.74, 6) is 0.205. The van der Waals surface area contributed by atoms with Crippen LogP contribution in [-0.4, -0.2) is 41.6 Å². The van der Waals surface area contributed by atoms with E-state index in [4.69, 9.17) is 4.74 Å². The van der Waals surface area contributed by atoms with E-state index in [1.54, 1.807) is 6.92 Å². The van der Waals surface area contributed by atoms with Gasteiger partial charge in [0, 0.05) is 38.8 Å². The summed E-state index contributed by atoms with van der Waals surface area (Å²) in [5.41, 5.74) is 1.57. The molecule has 2 saturated heterocycles. The first kappa shape index (κ1) is 14.5. The zero-order valence-electron chi connectivity index (χ0n) is 12.8. The van der Waals surface area contributed by atoms with Gasteiger partial charge in [-0.05, 0) is 42.7 Å². The quantitative estimate of drug-likeness (QED) is 0.839. The Balaban J connectivity index is 1.50. The number of hydrogen-bond donors (Lipinski definition) is 0. The molecule has 1 atom stereocenters. The van der Waals surface area contributed by atoms with Crippen molar-refractivity contribution in [3.05, 3.63) is 30.1 Å². The van der Waals surface area contributed by atoms with Crippen LogP contribution in [0.3, 0.4) is 0 Å². The fourth-order valence-electron chi connectivity index (χ4n) is 3.55. The van der Waals surface area contributed by atoms with E-state index in [9.17, 15) is 4.79 Å². The summed E-state index contributed by atoms with van der Waals surface area (Å²) in [6.07, 6.45) is 9.55. The van der Waals surface area contributed by atoms with Crippen molar-refractivity contribution in [1.82, 2.24) is 9.88 Å². The first-order chi connectivity index (χ1) is 10.2. The van der Waals surface area contributed by atoms with E-state index in [-0.39, 0.29) is 5.91 Å². The number of rotatable bonds is 2. The third-order valence-corrected chi connectivity index (χ3v) is 5.08. The molecule has 21 heavy (non-hydrogen) atoms. The molecular weight excluding hydrogens is 264 g/mol. The second kappa shape index (κ2) is 6.14. The van der Waals surface area contributed by atoms with Gasteiger partial charge in [0.2, 0.25) is 5.91 Å². The van der Waals surface area contributed by atoms with Crippen molar-refractivity contribution in [2.75, 3.05) is 19.7 Å². The lowest BCUT2D eigenvalue weighted by molar-refractivity contribution is -0.135. The molecule has 3 heterocycles. The number of amides is 1. The van der Waals surface area contributed by atoms with Crippen molar-refractivity contribution >= 4 is 5.91 Å². The van der Waals surface area contributed by atoms with Crippen LogP contribution in [-0.2, 0) is 16.0 Å². The Morgan fingerprint density at radius 2 is 2.24 bits per heavy atom. The van der Waals surface area contributed by atoms with Gasteiger partial charge in [0.1, 0.15) is 0 Å². The Labute approximate surface area is 126 Å². The molecule has 2 aliphatic rings. The third-order valence-electron chi connectivity index (χ3n) is 5.08. The van der Waals surface area contributed by atoms with Gasteiger partial charge >= 0.3 is 0 Å². The molecule has 4 nitrogen and oxygen atoms in total. The minimum Gasteiger partial charge on any atom is -0.377 e. The van der Waals surface area contributed by atoms with Crippen LogP contribution in [0, 0.1) is 5.41 Å². The first-order valence-electron chi connectivity index (χ1n) is 7.93. The molecule has 3 rings (SSSR count). The molecule has 0 unspecified atom stereocenters. The highest BCUT2D eigenvalue weighted by Crippen LogP contribution is 2.40. The summed E-state index contributed by atoms with van der Waals surface area (Å²) in [6, 6.07) is 4.10. The summed E-state index contributed by atoms with van der Waals surface area (Å²) in [4.78, 5) is 17.5. The largest absolute Gasteiger partial charge is 0.377 e. The van der Waals surface area contributed by atoms with Gasteiger partial charge in [-0.15, -0.1) is 0 Å². The van der Waals surface area contributed by atoms with E-state index >= 15 is 0 Å². The van der Waals surface area contributed by atoms with Crippen LogP contribution in [0.1, 0.15) is 38.2 Å². The van der Waals surface area contributed by atoms with Crippen LogP contribution in [0.15, 0.2) is 24.5 Å². The summed E-state index contributed by atoms with van der Waals surface area (Å²) in [7, 11) is 0. The standard InChI is InChI=1S/C17H24N2O2/c1-14(20)19-9-6-17(7-10-19)5-4-16(21-13-17)11-15-3-2-8-18-12-15/h2-3,8,12,16H,4-7,9-11,13H2,1H3/t16-/m0/s1. The fraction of sp³-hybridized carbons (Fsp3) is 0.647. The van der Waals surface area contributed by atoms with E-state index in [0.717, 1.165) is 45.4 Å². The summed E-state index contributed by atoms with van der Waals surface area (Å²) in [6.45, 7) is 4.31. The van der Waals surface area contributed by atoms with Crippen LogP contribution in [0.5, 0.6) is 0 Å². The number of pyridine rings is 1. The minimum absolute atomic E-state index is 0.205. The van der Waals surface area contributed by atoms with Gasteiger partial charge in [0.05, 0.1) is 12.7 Å². The molecule has 0 saturated carbocycles. The molecule has 114 valence electrons. The SMILES string of the molecule is CC(=O)N1CCC2(CC[C@@H](Cc3cccnc3)OC2)CC1. The lowest BCUT2D eigenvalue weighted by Gasteiger charge is -2.45. The first-order valence-corrected chi connectivity index (χ1v) is 7.93. The monoisotopic (exact) mass is 288 g/mol. The molecule has 0 bridgehead atoms. The zero-order chi connectivity index (χ0) is 14.7. The Hall–Kier alpha value is -1.42. The topological polar surface area (TPSA) is 42.4 Å². The van der Waals surface area contributed by atoms with Gasteiger partial charge in [0.25, 0.3) is 0 Å². The summed E-state index contributed by atoms with van der Waals surface area (Å²) in [5, 5.41) is 0. The zero-order valence-corrected chi connectivity index (χ0v) is 12.8. The molecule has 1 spiro atoms. The maximum atomic E-state index is 11.4. The number of likely N-dealkylation sites (tertiary alicyclic amines) is 1. The van der Waals surface area contributed by atoms with Gasteiger partial charge in [-0.2, -0.15) is 0 Å². The molecule has 0 aromatic carbocycles. The van der Waals surface area contributed by atoms with Gasteiger partial charge < -0.3 is 9.64 Å².